The van der Waals surface area contributed by atoms with E-state index in [1.54, 1.807) is 18.3 Å². The topological polar surface area (TPSA) is 72.3 Å². The van der Waals surface area contributed by atoms with Crippen molar-refractivity contribution >= 4 is 22.7 Å². The van der Waals surface area contributed by atoms with Gasteiger partial charge in [-0.15, -0.1) is 0 Å². The van der Waals surface area contributed by atoms with Crippen LogP contribution >= 0.6 is 0 Å². The molecule has 5 nitrogen and oxygen atoms in total. The third-order valence-electron chi connectivity index (χ3n) is 3.36. The van der Waals surface area contributed by atoms with Crippen LogP contribution in [0.3, 0.4) is 0 Å². The molecule has 0 aliphatic rings. The Labute approximate surface area is 124 Å². The van der Waals surface area contributed by atoms with Crippen molar-refractivity contribution in [2.45, 2.75) is 6.42 Å². The van der Waals surface area contributed by atoms with Crippen LogP contribution < -0.4 is 0 Å². The van der Waals surface area contributed by atoms with Crippen molar-refractivity contribution in [1.29, 1.82) is 0 Å². The van der Waals surface area contributed by atoms with Gasteiger partial charge in [0.25, 0.3) is 0 Å². The average molecular weight is 301 g/mol. The molecule has 6 heteroatoms. The molecule has 0 spiro atoms. The molecule has 0 bridgehead atoms. The van der Waals surface area contributed by atoms with Crippen LogP contribution in [0.4, 0.5) is 4.39 Å². The number of aromatic amines is 1. The Morgan fingerprint density at radius 1 is 1.32 bits per heavy atom. The van der Waals surface area contributed by atoms with Crippen molar-refractivity contribution < 1.29 is 23.1 Å². The number of rotatable bonds is 4. The Morgan fingerprint density at radius 3 is 2.91 bits per heavy atom. The minimum Gasteiger partial charge on any atom is -0.469 e. The van der Waals surface area contributed by atoms with Gasteiger partial charge in [0.2, 0.25) is 5.78 Å². The molecule has 3 rings (SSSR count). The molecule has 2 aromatic heterocycles. The van der Waals surface area contributed by atoms with Crippen molar-refractivity contribution in [3.05, 3.63) is 48.3 Å². The molecule has 0 saturated heterocycles. The molecule has 0 amide bonds. The molecule has 3 aromatic rings. The number of carbonyl (C=O) groups excluding carboxylic acids is 2. The van der Waals surface area contributed by atoms with E-state index in [4.69, 9.17) is 4.42 Å². The minimum absolute atomic E-state index is 0.0804. The highest BCUT2D eigenvalue weighted by molar-refractivity contribution is 6.05. The van der Waals surface area contributed by atoms with Crippen molar-refractivity contribution in [1.82, 2.24) is 4.98 Å². The first-order chi connectivity index (χ1) is 10.6. The van der Waals surface area contributed by atoms with Crippen LogP contribution in [0, 0.1) is 5.82 Å². The molecule has 0 fully saturated rings. The Kier molecular flexibility index (Phi) is 3.50. The third-order valence-corrected chi connectivity index (χ3v) is 3.36. The summed E-state index contributed by atoms with van der Waals surface area (Å²) >= 11 is 0. The van der Waals surface area contributed by atoms with Crippen molar-refractivity contribution in [2.75, 3.05) is 7.11 Å². The number of halogens is 1. The number of methoxy groups -OCH3 is 1. The van der Waals surface area contributed by atoms with E-state index < -0.39 is 11.8 Å². The SMILES string of the molecule is COC(=O)CC(=O)c1cc(-c2c[nH]c3cc(F)ccc23)co1. The molecule has 0 saturated carbocycles. The summed E-state index contributed by atoms with van der Waals surface area (Å²) in [6, 6.07) is 5.96. The molecular weight excluding hydrogens is 289 g/mol. The second kappa shape index (κ2) is 5.48. The van der Waals surface area contributed by atoms with Crippen LogP contribution in [0.5, 0.6) is 0 Å². The number of hydrogen-bond acceptors (Lipinski definition) is 4. The quantitative estimate of drug-likeness (QED) is 0.456. The van der Waals surface area contributed by atoms with Gasteiger partial charge in [-0.3, -0.25) is 9.59 Å². The zero-order valence-electron chi connectivity index (χ0n) is 11.7. The van der Waals surface area contributed by atoms with Gasteiger partial charge in [0.15, 0.2) is 5.76 Å². The number of benzene rings is 1. The van der Waals surface area contributed by atoms with E-state index >= 15 is 0 Å². The van der Waals surface area contributed by atoms with Gasteiger partial charge < -0.3 is 14.1 Å². The fraction of sp³-hybridized carbons (Fsp3) is 0.125. The van der Waals surface area contributed by atoms with Gasteiger partial charge in [0.05, 0.1) is 13.4 Å². The lowest BCUT2D eigenvalue weighted by Gasteiger charge is -1.95. The fourth-order valence-electron chi connectivity index (χ4n) is 2.25. The number of esters is 1. The van der Waals surface area contributed by atoms with E-state index in [0.717, 1.165) is 10.9 Å². The van der Waals surface area contributed by atoms with Gasteiger partial charge in [0, 0.05) is 28.2 Å². The largest absolute Gasteiger partial charge is 0.469 e. The fourth-order valence-corrected chi connectivity index (χ4v) is 2.25. The van der Waals surface area contributed by atoms with Gasteiger partial charge in [-0.25, -0.2) is 4.39 Å². The van der Waals surface area contributed by atoms with E-state index in [1.807, 2.05) is 0 Å². The highest BCUT2D eigenvalue weighted by Gasteiger charge is 2.17. The Bertz CT molecular complexity index is 862. The minimum atomic E-state index is -0.620. The molecular formula is C16H12FNO4. The van der Waals surface area contributed by atoms with Gasteiger partial charge >= 0.3 is 5.97 Å². The molecule has 112 valence electrons. The van der Waals surface area contributed by atoms with E-state index in [2.05, 4.69) is 9.72 Å². The van der Waals surface area contributed by atoms with Gasteiger partial charge in [-0.05, 0) is 24.3 Å². The molecule has 0 aliphatic carbocycles. The molecule has 0 radical (unpaired) electrons. The lowest BCUT2D eigenvalue weighted by Crippen LogP contribution is -2.08. The second-order valence-corrected chi connectivity index (χ2v) is 4.77. The van der Waals surface area contributed by atoms with Crippen LogP contribution in [0.15, 0.2) is 41.1 Å². The number of hydrogen-bond donors (Lipinski definition) is 1. The summed E-state index contributed by atoms with van der Waals surface area (Å²) in [7, 11) is 1.22. The van der Waals surface area contributed by atoms with E-state index in [0.29, 0.717) is 11.1 Å². The summed E-state index contributed by atoms with van der Waals surface area (Å²) in [6.07, 6.45) is 2.77. The van der Waals surface area contributed by atoms with Crippen molar-refractivity contribution in [3.63, 3.8) is 0 Å². The first kappa shape index (κ1) is 14.1. The summed E-state index contributed by atoms with van der Waals surface area (Å²) in [5.41, 5.74) is 2.11. The highest BCUT2D eigenvalue weighted by Crippen LogP contribution is 2.30. The van der Waals surface area contributed by atoms with E-state index in [1.165, 1.54) is 25.5 Å². The lowest BCUT2D eigenvalue weighted by atomic mass is 10.1. The number of Topliss-reactive ketones (excluding diaryl/α,β-unsaturated/α-hetero) is 1. The molecule has 2 heterocycles. The maximum absolute atomic E-state index is 13.2. The predicted octanol–water partition coefficient (Wildman–Crippen LogP) is 3.31. The van der Waals surface area contributed by atoms with Gasteiger partial charge in [-0.1, -0.05) is 0 Å². The Hall–Kier alpha value is -2.89. The molecule has 0 atom stereocenters. The normalized spacial score (nSPS) is 10.8. The molecule has 0 aliphatic heterocycles. The number of H-pyrrole nitrogens is 1. The maximum atomic E-state index is 13.2. The zero-order valence-corrected chi connectivity index (χ0v) is 11.7. The van der Waals surface area contributed by atoms with Gasteiger partial charge in [-0.2, -0.15) is 0 Å². The number of carbonyl (C=O) groups is 2. The van der Waals surface area contributed by atoms with Crippen LogP contribution in [-0.4, -0.2) is 23.8 Å². The summed E-state index contributed by atoms with van der Waals surface area (Å²) in [5.74, 6) is -1.33. The van der Waals surface area contributed by atoms with Crippen molar-refractivity contribution in [2.24, 2.45) is 0 Å². The predicted molar refractivity (Wildman–Crippen MR) is 76.9 cm³/mol. The first-order valence-corrected chi connectivity index (χ1v) is 6.54. The third kappa shape index (κ3) is 2.50. The van der Waals surface area contributed by atoms with Crippen LogP contribution in [0.1, 0.15) is 17.0 Å². The molecule has 1 aromatic carbocycles. The zero-order chi connectivity index (χ0) is 15.7. The number of fused-ring (bicyclic) bond motifs is 1. The Balaban J connectivity index is 1.92. The monoisotopic (exact) mass is 301 g/mol. The van der Waals surface area contributed by atoms with Crippen LogP contribution in [-0.2, 0) is 9.53 Å². The summed E-state index contributed by atoms with van der Waals surface area (Å²) in [5, 5.41) is 0.814. The smallest absolute Gasteiger partial charge is 0.313 e. The number of ether oxygens (including phenoxy) is 1. The van der Waals surface area contributed by atoms with E-state index in [-0.39, 0.29) is 18.0 Å². The molecule has 0 unspecified atom stereocenters. The summed E-state index contributed by atoms with van der Waals surface area (Å²) < 4.78 is 22.9. The van der Waals surface area contributed by atoms with Crippen LogP contribution in [0.25, 0.3) is 22.0 Å². The standard InChI is InChI=1S/C16H12FNO4/c1-21-16(20)6-14(19)15-4-9(8-22-15)12-7-18-13-5-10(17)2-3-11(12)13/h2-5,7-8,18H,6H2,1H3. The van der Waals surface area contributed by atoms with Crippen LogP contribution in [0.2, 0.25) is 0 Å². The molecule has 1 N–H and O–H groups in total. The summed E-state index contributed by atoms with van der Waals surface area (Å²) in [6.45, 7) is 0. The molecule has 22 heavy (non-hydrogen) atoms. The van der Waals surface area contributed by atoms with E-state index in [9.17, 15) is 14.0 Å². The average Bonchev–Trinajstić information content (AvgIpc) is 3.12. The Morgan fingerprint density at radius 2 is 2.14 bits per heavy atom. The highest BCUT2D eigenvalue weighted by atomic mass is 19.1. The second-order valence-electron chi connectivity index (χ2n) is 4.77. The maximum Gasteiger partial charge on any atom is 0.313 e. The number of ketones is 1. The summed E-state index contributed by atoms with van der Waals surface area (Å²) in [4.78, 5) is 25.9. The van der Waals surface area contributed by atoms with Gasteiger partial charge in [0.1, 0.15) is 12.2 Å². The first-order valence-electron chi connectivity index (χ1n) is 6.54. The number of aromatic nitrogens is 1. The lowest BCUT2D eigenvalue weighted by molar-refractivity contribution is -0.139. The van der Waals surface area contributed by atoms with Crippen molar-refractivity contribution in [3.8, 4) is 11.1 Å². The number of furan rings is 1. The number of nitrogens with one attached hydrogen (secondary N) is 1.